The van der Waals surface area contributed by atoms with Crippen LogP contribution in [0.2, 0.25) is 0 Å². The Morgan fingerprint density at radius 2 is 1.73 bits per heavy atom. The Labute approximate surface area is 180 Å². The molecule has 3 rings (SSSR count). The van der Waals surface area contributed by atoms with Crippen molar-refractivity contribution in [3.05, 3.63) is 24.3 Å². The predicted molar refractivity (Wildman–Crippen MR) is 120 cm³/mol. The molecule has 7 nitrogen and oxygen atoms in total. The van der Waals surface area contributed by atoms with Gasteiger partial charge in [0.15, 0.2) is 0 Å². The van der Waals surface area contributed by atoms with Crippen molar-refractivity contribution in [2.24, 2.45) is 5.92 Å². The number of nitrogens with one attached hydrogen (secondary N) is 2. The fourth-order valence-corrected chi connectivity index (χ4v) is 5.23. The van der Waals surface area contributed by atoms with Gasteiger partial charge in [-0.3, -0.25) is 4.79 Å². The number of benzene rings is 1. The molecule has 8 heteroatoms. The van der Waals surface area contributed by atoms with Gasteiger partial charge in [-0.25, -0.2) is 13.1 Å². The summed E-state index contributed by atoms with van der Waals surface area (Å²) in [5, 5.41) is 2.62. The zero-order chi connectivity index (χ0) is 21.9. The number of carbonyl (C=O) groups excluding carboxylic acids is 1. The van der Waals surface area contributed by atoms with Crippen LogP contribution in [0.3, 0.4) is 0 Å². The number of sulfonamides is 1. The molecule has 2 N–H and O–H groups in total. The van der Waals surface area contributed by atoms with E-state index in [4.69, 9.17) is 4.74 Å². The Balaban J connectivity index is 1.54. The van der Waals surface area contributed by atoms with E-state index in [1.165, 1.54) is 0 Å². The van der Waals surface area contributed by atoms with Gasteiger partial charge in [0.1, 0.15) is 0 Å². The second-order valence-corrected chi connectivity index (χ2v) is 11.2. The molecule has 168 valence electrons. The lowest BCUT2D eigenvalue weighted by Crippen LogP contribution is -2.45. The average Bonchev–Trinajstić information content (AvgIpc) is 2.67. The Kier molecular flexibility index (Phi) is 7.42. The van der Waals surface area contributed by atoms with Crippen molar-refractivity contribution in [2.45, 2.75) is 76.9 Å². The van der Waals surface area contributed by atoms with Gasteiger partial charge < -0.3 is 15.0 Å². The van der Waals surface area contributed by atoms with E-state index in [1.54, 1.807) is 13.8 Å². The molecule has 1 aliphatic heterocycles. The summed E-state index contributed by atoms with van der Waals surface area (Å²) in [6, 6.07) is 7.89. The lowest BCUT2D eigenvalue weighted by molar-refractivity contribution is -0.120. The highest BCUT2D eigenvalue weighted by molar-refractivity contribution is 7.90. The van der Waals surface area contributed by atoms with E-state index < -0.39 is 15.3 Å². The number of ether oxygens (including phenoxy) is 1. The summed E-state index contributed by atoms with van der Waals surface area (Å²) in [6.07, 6.45) is 3.11. The van der Waals surface area contributed by atoms with Gasteiger partial charge in [0.05, 0.1) is 17.5 Å². The molecule has 1 amide bonds. The standard InChI is InChI=1S/C22H35N3O4S/c1-15(2)30(27,28)24-19-10-8-18(9-11-19)22(26)23-20-6-5-7-21(12-20)25-13-16(3)29-17(4)14-25/h5-7,12,15-19,24H,8-11,13-14H2,1-4H3,(H,23,26)/t16-,17?,18?,19?/m0/s1. The molecule has 0 aromatic heterocycles. The van der Waals surface area contributed by atoms with Crippen LogP contribution in [0.15, 0.2) is 24.3 Å². The number of morpholine rings is 1. The molecule has 1 aromatic rings. The fourth-order valence-electron chi connectivity index (χ4n) is 4.26. The monoisotopic (exact) mass is 437 g/mol. The Morgan fingerprint density at radius 3 is 2.33 bits per heavy atom. The highest BCUT2D eigenvalue weighted by Gasteiger charge is 2.29. The average molecular weight is 438 g/mol. The Morgan fingerprint density at radius 1 is 1.10 bits per heavy atom. The number of hydrogen-bond donors (Lipinski definition) is 2. The van der Waals surface area contributed by atoms with Crippen molar-refractivity contribution in [3.63, 3.8) is 0 Å². The molecule has 1 heterocycles. The number of rotatable bonds is 6. The van der Waals surface area contributed by atoms with Gasteiger partial charge in [0, 0.05) is 36.4 Å². The lowest BCUT2D eigenvalue weighted by Gasteiger charge is -2.37. The number of nitrogens with zero attached hydrogens (tertiary/aromatic N) is 1. The summed E-state index contributed by atoms with van der Waals surface area (Å²) < 4.78 is 32.7. The molecular weight excluding hydrogens is 402 g/mol. The third-order valence-electron chi connectivity index (χ3n) is 5.95. The summed E-state index contributed by atoms with van der Waals surface area (Å²) in [7, 11) is -3.27. The molecule has 0 radical (unpaired) electrons. The third kappa shape index (κ3) is 5.95. The van der Waals surface area contributed by atoms with Crippen LogP contribution < -0.4 is 14.9 Å². The molecule has 2 aliphatic rings. The topological polar surface area (TPSA) is 87.7 Å². The minimum Gasteiger partial charge on any atom is -0.372 e. The minimum absolute atomic E-state index is 0.0148. The molecule has 30 heavy (non-hydrogen) atoms. The van der Waals surface area contributed by atoms with Crippen LogP contribution in [-0.2, 0) is 19.6 Å². The highest BCUT2D eigenvalue weighted by Crippen LogP contribution is 2.28. The van der Waals surface area contributed by atoms with Gasteiger partial charge in [-0.15, -0.1) is 0 Å². The SMILES string of the molecule is CC1CN(c2cccc(NC(=O)C3CCC(NS(=O)(=O)C(C)C)CC3)c2)C[C@H](C)O1. The summed E-state index contributed by atoms with van der Waals surface area (Å²) in [4.78, 5) is 15.1. The van der Waals surface area contributed by atoms with E-state index in [2.05, 4.69) is 34.9 Å². The lowest BCUT2D eigenvalue weighted by atomic mass is 9.86. The van der Waals surface area contributed by atoms with Gasteiger partial charge in [-0.05, 0) is 71.6 Å². The van der Waals surface area contributed by atoms with Crippen LogP contribution in [0.25, 0.3) is 0 Å². The van der Waals surface area contributed by atoms with E-state index in [0.717, 1.165) is 24.5 Å². The molecular formula is C22H35N3O4S. The second kappa shape index (κ2) is 9.66. The molecule has 1 saturated carbocycles. The van der Waals surface area contributed by atoms with Crippen molar-refractivity contribution >= 4 is 27.3 Å². The molecule has 0 spiro atoms. The van der Waals surface area contributed by atoms with Crippen LogP contribution in [-0.4, -0.2) is 50.9 Å². The van der Waals surface area contributed by atoms with E-state index in [-0.39, 0.29) is 30.1 Å². The van der Waals surface area contributed by atoms with E-state index in [0.29, 0.717) is 25.7 Å². The molecule has 1 saturated heterocycles. The van der Waals surface area contributed by atoms with Crippen molar-refractivity contribution in [1.82, 2.24) is 4.72 Å². The zero-order valence-corrected chi connectivity index (χ0v) is 19.2. The number of carbonyl (C=O) groups is 1. The Hall–Kier alpha value is -1.64. The summed E-state index contributed by atoms with van der Waals surface area (Å²) >= 11 is 0. The van der Waals surface area contributed by atoms with Crippen LogP contribution in [0, 0.1) is 5.92 Å². The first kappa shape index (κ1) is 23.0. The molecule has 2 fully saturated rings. The highest BCUT2D eigenvalue weighted by atomic mass is 32.2. The van der Waals surface area contributed by atoms with E-state index in [1.807, 2.05) is 18.2 Å². The van der Waals surface area contributed by atoms with Crippen LogP contribution >= 0.6 is 0 Å². The smallest absolute Gasteiger partial charge is 0.227 e. The van der Waals surface area contributed by atoms with Gasteiger partial charge >= 0.3 is 0 Å². The van der Waals surface area contributed by atoms with Gasteiger partial charge in [0.2, 0.25) is 15.9 Å². The van der Waals surface area contributed by atoms with Crippen LogP contribution in [0.5, 0.6) is 0 Å². The number of amides is 1. The Bertz CT molecular complexity index is 825. The maximum atomic E-state index is 12.8. The molecule has 0 bridgehead atoms. The normalized spacial score (nSPS) is 27.8. The molecule has 1 unspecified atom stereocenters. The first-order valence-electron chi connectivity index (χ1n) is 11.0. The third-order valence-corrected chi connectivity index (χ3v) is 7.85. The molecule has 1 aliphatic carbocycles. The first-order chi connectivity index (χ1) is 14.1. The summed E-state index contributed by atoms with van der Waals surface area (Å²) in [5.74, 6) is -0.0714. The summed E-state index contributed by atoms with van der Waals surface area (Å²) in [5.41, 5.74) is 1.88. The van der Waals surface area contributed by atoms with Crippen LogP contribution in [0.4, 0.5) is 11.4 Å². The number of hydrogen-bond acceptors (Lipinski definition) is 5. The van der Waals surface area contributed by atoms with Crippen molar-refractivity contribution in [2.75, 3.05) is 23.3 Å². The fraction of sp³-hybridized carbons (Fsp3) is 0.682. The molecule has 2 atom stereocenters. The molecule has 1 aromatic carbocycles. The van der Waals surface area contributed by atoms with Gasteiger partial charge in [0.25, 0.3) is 0 Å². The number of anilines is 2. The maximum absolute atomic E-state index is 12.8. The second-order valence-electron chi connectivity index (χ2n) is 8.96. The first-order valence-corrected chi connectivity index (χ1v) is 12.5. The summed E-state index contributed by atoms with van der Waals surface area (Å²) in [6.45, 7) is 9.16. The van der Waals surface area contributed by atoms with Gasteiger partial charge in [-0.2, -0.15) is 0 Å². The maximum Gasteiger partial charge on any atom is 0.227 e. The van der Waals surface area contributed by atoms with Crippen molar-refractivity contribution < 1.29 is 17.9 Å². The predicted octanol–water partition coefficient (Wildman–Crippen LogP) is 3.13. The van der Waals surface area contributed by atoms with Crippen molar-refractivity contribution in [3.8, 4) is 0 Å². The largest absolute Gasteiger partial charge is 0.372 e. The zero-order valence-electron chi connectivity index (χ0n) is 18.4. The minimum atomic E-state index is -3.27. The van der Waals surface area contributed by atoms with E-state index >= 15 is 0 Å². The van der Waals surface area contributed by atoms with E-state index in [9.17, 15) is 13.2 Å². The van der Waals surface area contributed by atoms with Crippen molar-refractivity contribution in [1.29, 1.82) is 0 Å². The van der Waals surface area contributed by atoms with Gasteiger partial charge in [-0.1, -0.05) is 6.07 Å². The quantitative estimate of drug-likeness (QED) is 0.714. The van der Waals surface area contributed by atoms with Crippen LogP contribution in [0.1, 0.15) is 53.4 Å².